The Morgan fingerprint density at radius 1 is 1.31 bits per heavy atom. The Kier molecular flexibility index (Phi) is 3.08. The standard InChI is InChI=1S/C12H16F2N2/c1-9-3-2-4-11(15-9)16-10-5-7-12(13,14)8-6-10/h2-4,10H,5-8H2,1H3,(H,15,16). The molecule has 0 bridgehead atoms. The van der Waals surface area contributed by atoms with E-state index in [0.29, 0.717) is 12.8 Å². The predicted molar refractivity (Wildman–Crippen MR) is 59.8 cm³/mol. The van der Waals surface area contributed by atoms with E-state index >= 15 is 0 Å². The Balaban J connectivity index is 1.92. The van der Waals surface area contributed by atoms with Gasteiger partial charge in [-0.25, -0.2) is 13.8 Å². The molecule has 2 nitrogen and oxygen atoms in total. The average Bonchev–Trinajstić information content (AvgIpc) is 2.21. The average molecular weight is 226 g/mol. The fourth-order valence-electron chi connectivity index (χ4n) is 2.02. The number of hydrogen-bond acceptors (Lipinski definition) is 2. The summed E-state index contributed by atoms with van der Waals surface area (Å²) in [6.07, 6.45) is 0.998. The maximum atomic E-state index is 12.9. The molecule has 0 spiro atoms. The first-order valence-electron chi connectivity index (χ1n) is 5.63. The number of alkyl halides is 2. The lowest BCUT2D eigenvalue weighted by Gasteiger charge is -2.29. The summed E-state index contributed by atoms with van der Waals surface area (Å²) in [7, 11) is 0. The third-order valence-electron chi connectivity index (χ3n) is 2.96. The number of pyridine rings is 1. The molecule has 0 saturated heterocycles. The molecule has 0 radical (unpaired) electrons. The summed E-state index contributed by atoms with van der Waals surface area (Å²) in [5.41, 5.74) is 0.936. The largest absolute Gasteiger partial charge is 0.367 e. The van der Waals surface area contributed by atoms with Crippen molar-refractivity contribution < 1.29 is 8.78 Å². The van der Waals surface area contributed by atoms with Crippen molar-refractivity contribution in [3.8, 4) is 0 Å². The summed E-state index contributed by atoms with van der Waals surface area (Å²) in [4.78, 5) is 4.31. The second-order valence-electron chi connectivity index (χ2n) is 4.44. The predicted octanol–water partition coefficient (Wildman–Crippen LogP) is 3.38. The molecule has 0 unspecified atom stereocenters. The minimum Gasteiger partial charge on any atom is -0.367 e. The van der Waals surface area contributed by atoms with E-state index < -0.39 is 5.92 Å². The number of anilines is 1. The number of hydrogen-bond donors (Lipinski definition) is 1. The molecule has 16 heavy (non-hydrogen) atoms. The second kappa shape index (κ2) is 4.36. The van der Waals surface area contributed by atoms with Crippen LogP contribution in [0.5, 0.6) is 0 Å². The normalized spacial score (nSPS) is 20.7. The summed E-state index contributed by atoms with van der Waals surface area (Å²) in [5.74, 6) is -1.67. The maximum Gasteiger partial charge on any atom is 0.248 e. The molecule has 1 aromatic heterocycles. The second-order valence-corrected chi connectivity index (χ2v) is 4.44. The van der Waals surface area contributed by atoms with E-state index in [0.717, 1.165) is 11.5 Å². The fourth-order valence-corrected chi connectivity index (χ4v) is 2.02. The van der Waals surface area contributed by atoms with Crippen molar-refractivity contribution in [3.05, 3.63) is 23.9 Å². The Labute approximate surface area is 94.1 Å². The van der Waals surface area contributed by atoms with Gasteiger partial charge >= 0.3 is 0 Å². The number of halogens is 2. The minimum absolute atomic E-state index is 0.0174. The zero-order chi connectivity index (χ0) is 11.6. The Hall–Kier alpha value is -1.19. The lowest BCUT2D eigenvalue weighted by molar-refractivity contribution is -0.0361. The van der Waals surface area contributed by atoms with Crippen LogP contribution in [0.15, 0.2) is 18.2 Å². The van der Waals surface area contributed by atoms with Gasteiger partial charge in [0.15, 0.2) is 0 Å². The van der Waals surface area contributed by atoms with Crippen molar-refractivity contribution in [1.82, 2.24) is 4.98 Å². The van der Waals surface area contributed by atoms with Gasteiger partial charge in [0, 0.05) is 24.6 Å². The molecule has 1 aliphatic carbocycles. The molecule has 1 aliphatic rings. The highest BCUT2D eigenvalue weighted by atomic mass is 19.3. The quantitative estimate of drug-likeness (QED) is 0.836. The molecule has 0 aliphatic heterocycles. The molecule has 1 aromatic rings. The van der Waals surface area contributed by atoms with E-state index in [4.69, 9.17) is 0 Å². The number of aromatic nitrogens is 1. The van der Waals surface area contributed by atoms with Gasteiger partial charge in [-0.1, -0.05) is 6.07 Å². The first-order valence-corrected chi connectivity index (χ1v) is 5.63. The number of rotatable bonds is 2. The van der Waals surface area contributed by atoms with E-state index in [1.165, 1.54) is 0 Å². The molecular weight excluding hydrogens is 210 g/mol. The van der Waals surface area contributed by atoms with Gasteiger partial charge in [0.25, 0.3) is 0 Å². The van der Waals surface area contributed by atoms with Crippen LogP contribution in [-0.4, -0.2) is 16.9 Å². The monoisotopic (exact) mass is 226 g/mol. The van der Waals surface area contributed by atoms with Crippen LogP contribution in [-0.2, 0) is 0 Å². The van der Waals surface area contributed by atoms with Crippen molar-refractivity contribution in [3.63, 3.8) is 0 Å². The third kappa shape index (κ3) is 2.90. The third-order valence-corrected chi connectivity index (χ3v) is 2.96. The van der Waals surface area contributed by atoms with Gasteiger partial charge in [-0.05, 0) is 31.9 Å². The maximum absolute atomic E-state index is 12.9. The highest BCUT2D eigenvalue weighted by molar-refractivity contribution is 5.36. The molecule has 2 rings (SSSR count). The van der Waals surface area contributed by atoms with Crippen LogP contribution in [0.1, 0.15) is 31.4 Å². The Morgan fingerprint density at radius 2 is 2.00 bits per heavy atom. The van der Waals surface area contributed by atoms with E-state index in [1.54, 1.807) is 0 Å². The van der Waals surface area contributed by atoms with Crippen LogP contribution >= 0.6 is 0 Å². The van der Waals surface area contributed by atoms with Gasteiger partial charge in [-0.15, -0.1) is 0 Å². The molecule has 0 amide bonds. The molecular formula is C12H16F2N2. The summed E-state index contributed by atoms with van der Waals surface area (Å²) >= 11 is 0. The molecule has 1 fully saturated rings. The van der Waals surface area contributed by atoms with Gasteiger partial charge < -0.3 is 5.32 Å². The van der Waals surface area contributed by atoms with Gasteiger partial charge in [-0.2, -0.15) is 0 Å². The first kappa shape index (κ1) is 11.3. The van der Waals surface area contributed by atoms with Crippen molar-refractivity contribution in [1.29, 1.82) is 0 Å². The van der Waals surface area contributed by atoms with Crippen LogP contribution in [0, 0.1) is 6.92 Å². The number of nitrogens with one attached hydrogen (secondary N) is 1. The van der Waals surface area contributed by atoms with Gasteiger partial charge in [-0.3, -0.25) is 0 Å². The van der Waals surface area contributed by atoms with Gasteiger partial charge in [0.1, 0.15) is 5.82 Å². The van der Waals surface area contributed by atoms with Crippen LogP contribution in [0.4, 0.5) is 14.6 Å². The van der Waals surface area contributed by atoms with Crippen LogP contribution in [0.3, 0.4) is 0 Å². The highest BCUT2D eigenvalue weighted by Crippen LogP contribution is 2.33. The van der Waals surface area contributed by atoms with Crippen LogP contribution in [0.2, 0.25) is 0 Å². The molecule has 0 aromatic carbocycles. The Bertz CT molecular complexity index is 356. The Morgan fingerprint density at radius 3 is 2.62 bits per heavy atom. The molecule has 88 valence electrons. The summed E-state index contributed by atoms with van der Waals surface area (Å²) in [6.45, 7) is 1.92. The van der Waals surface area contributed by atoms with Gasteiger partial charge in [0.2, 0.25) is 5.92 Å². The lowest BCUT2D eigenvalue weighted by Crippen LogP contribution is -2.32. The van der Waals surface area contributed by atoms with E-state index in [-0.39, 0.29) is 18.9 Å². The van der Waals surface area contributed by atoms with Gasteiger partial charge in [0.05, 0.1) is 0 Å². The summed E-state index contributed by atoms with van der Waals surface area (Å²) in [5, 5.41) is 3.22. The molecule has 1 heterocycles. The molecule has 4 heteroatoms. The summed E-state index contributed by atoms with van der Waals surface area (Å²) < 4.78 is 25.9. The minimum atomic E-state index is -2.46. The van der Waals surface area contributed by atoms with E-state index in [1.807, 2.05) is 25.1 Å². The number of aryl methyl sites for hydroxylation is 1. The van der Waals surface area contributed by atoms with Crippen molar-refractivity contribution in [2.24, 2.45) is 0 Å². The zero-order valence-corrected chi connectivity index (χ0v) is 9.34. The molecule has 1 saturated carbocycles. The molecule has 1 N–H and O–H groups in total. The lowest BCUT2D eigenvalue weighted by atomic mass is 9.92. The van der Waals surface area contributed by atoms with E-state index in [9.17, 15) is 8.78 Å². The summed E-state index contributed by atoms with van der Waals surface area (Å²) in [6, 6.07) is 5.84. The van der Waals surface area contributed by atoms with Crippen LogP contribution in [0.25, 0.3) is 0 Å². The number of nitrogens with zero attached hydrogens (tertiary/aromatic N) is 1. The van der Waals surface area contributed by atoms with Crippen molar-refractivity contribution in [2.45, 2.75) is 44.6 Å². The smallest absolute Gasteiger partial charge is 0.248 e. The fraction of sp³-hybridized carbons (Fsp3) is 0.583. The van der Waals surface area contributed by atoms with E-state index in [2.05, 4.69) is 10.3 Å². The first-order chi connectivity index (χ1) is 7.55. The highest BCUT2D eigenvalue weighted by Gasteiger charge is 2.34. The zero-order valence-electron chi connectivity index (χ0n) is 9.34. The SMILES string of the molecule is Cc1cccc(NC2CCC(F)(F)CC2)n1. The van der Waals surface area contributed by atoms with Crippen molar-refractivity contribution >= 4 is 5.82 Å². The molecule has 0 atom stereocenters. The van der Waals surface area contributed by atoms with Crippen molar-refractivity contribution in [2.75, 3.05) is 5.32 Å². The topological polar surface area (TPSA) is 24.9 Å². The van der Waals surface area contributed by atoms with Crippen LogP contribution < -0.4 is 5.32 Å².